The number of nitrogens with one attached hydrogen (secondary N) is 1. The van der Waals surface area contributed by atoms with Crippen molar-refractivity contribution in [3.05, 3.63) is 58.7 Å². The van der Waals surface area contributed by atoms with Crippen molar-refractivity contribution < 1.29 is 14.7 Å². The number of anilines is 1. The van der Waals surface area contributed by atoms with E-state index >= 15 is 0 Å². The predicted octanol–water partition coefficient (Wildman–Crippen LogP) is 2.57. The van der Waals surface area contributed by atoms with Crippen LogP contribution in [0.3, 0.4) is 0 Å². The van der Waals surface area contributed by atoms with Crippen molar-refractivity contribution in [2.75, 3.05) is 5.32 Å². The summed E-state index contributed by atoms with van der Waals surface area (Å²) in [5.41, 5.74) is 7.71. The van der Waals surface area contributed by atoms with Gasteiger partial charge in [0.1, 0.15) is 10.7 Å². The highest BCUT2D eigenvalue weighted by atomic mass is 32.1. The highest BCUT2D eigenvalue weighted by Crippen LogP contribution is 2.25. The van der Waals surface area contributed by atoms with Crippen LogP contribution in [-0.4, -0.2) is 26.9 Å². The molecule has 0 aliphatic carbocycles. The zero-order valence-electron chi connectivity index (χ0n) is 13.2. The Kier molecular flexibility index (Phi) is 4.44. The van der Waals surface area contributed by atoms with Crippen LogP contribution < -0.4 is 11.1 Å². The van der Waals surface area contributed by atoms with Crippen LogP contribution in [0.5, 0.6) is 5.88 Å². The van der Waals surface area contributed by atoms with Gasteiger partial charge in [0, 0.05) is 23.2 Å². The Labute approximate surface area is 147 Å². The smallest absolute Gasteiger partial charge is 0.275 e. The number of nitrogens with zero attached hydrogens (tertiary/aromatic N) is 2. The van der Waals surface area contributed by atoms with Crippen LogP contribution in [0.2, 0.25) is 0 Å². The van der Waals surface area contributed by atoms with Gasteiger partial charge in [-0.1, -0.05) is 6.07 Å². The standard InChI is InChI=1S/C17H14N4O3S/c1-9-2-4-11(15(18)23)12(6-9)20-16(24)13-8-25-17(21-13)10-3-5-14(22)19-7-10/h2-8H,1H3,(H2,18,23)(H,19,22)(H,20,24). The Morgan fingerprint density at radius 2 is 2.04 bits per heavy atom. The molecule has 7 nitrogen and oxygen atoms in total. The van der Waals surface area contributed by atoms with Crippen molar-refractivity contribution in [2.45, 2.75) is 6.92 Å². The highest BCUT2D eigenvalue weighted by Gasteiger charge is 2.16. The largest absolute Gasteiger partial charge is 0.493 e. The fourth-order valence-corrected chi connectivity index (χ4v) is 2.98. The molecule has 126 valence electrons. The van der Waals surface area contributed by atoms with Crippen LogP contribution in [0.25, 0.3) is 10.6 Å². The molecule has 8 heteroatoms. The van der Waals surface area contributed by atoms with Gasteiger partial charge in [-0.15, -0.1) is 11.3 Å². The molecule has 0 bridgehead atoms. The van der Waals surface area contributed by atoms with E-state index in [1.807, 2.05) is 6.92 Å². The number of hydrogen-bond donors (Lipinski definition) is 3. The van der Waals surface area contributed by atoms with E-state index in [0.717, 1.165) is 5.56 Å². The Bertz CT molecular complexity index is 951. The average Bonchev–Trinajstić information content (AvgIpc) is 3.05. The summed E-state index contributed by atoms with van der Waals surface area (Å²) in [6.45, 7) is 1.85. The van der Waals surface area contributed by atoms with Crippen LogP contribution in [0.15, 0.2) is 41.9 Å². The maximum absolute atomic E-state index is 12.4. The molecule has 2 heterocycles. The maximum atomic E-state index is 12.4. The van der Waals surface area contributed by atoms with E-state index in [2.05, 4.69) is 15.3 Å². The second-order valence-electron chi connectivity index (χ2n) is 5.31. The van der Waals surface area contributed by atoms with E-state index < -0.39 is 11.8 Å². The second kappa shape index (κ2) is 6.70. The fraction of sp³-hybridized carbons (Fsp3) is 0.0588. The second-order valence-corrected chi connectivity index (χ2v) is 6.17. The minimum Gasteiger partial charge on any atom is -0.493 e. The maximum Gasteiger partial charge on any atom is 0.275 e. The number of thiazole rings is 1. The number of hydrogen-bond acceptors (Lipinski definition) is 6. The highest BCUT2D eigenvalue weighted by molar-refractivity contribution is 7.13. The van der Waals surface area contributed by atoms with Gasteiger partial charge in [-0.2, -0.15) is 0 Å². The number of aryl methyl sites for hydroxylation is 1. The van der Waals surface area contributed by atoms with Crippen molar-refractivity contribution in [1.29, 1.82) is 0 Å². The lowest BCUT2D eigenvalue weighted by atomic mass is 10.1. The quantitative estimate of drug-likeness (QED) is 0.665. The number of carbonyl (C=O) groups is 2. The molecule has 0 fully saturated rings. The molecular weight excluding hydrogens is 340 g/mol. The van der Waals surface area contributed by atoms with Gasteiger partial charge >= 0.3 is 0 Å². The Morgan fingerprint density at radius 1 is 1.24 bits per heavy atom. The van der Waals surface area contributed by atoms with Crippen LogP contribution in [0, 0.1) is 6.92 Å². The number of carbonyl (C=O) groups excluding carboxylic acids is 2. The number of benzene rings is 1. The number of amides is 2. The molecule has 0 spiro atoms. The molecule has 25 heavy (non-hydrogen) atoms. The molecule has 0 saturated heterocycles. The van der Waals surface area contributed by atoms with Crippen LogP contribution >= 0.6 is 11.3 Å². The summed E-state index contributed by atoms with van der Waals surface area (Å²) in [5, 5.41) is 14.1. The van der Waals surface area contributed by atoms with Gasteiger partial charge in [0.25, 0.3) is 11.8 Å². The third kappa shape index (κ3) is 3.64. The zero-order chi connectivity index (χ0) is 18.0. The van der Waals surface area contributed by atoms with Crippen molar-refractivity contribution >= 4 is 28.8 Å². The van der Waals surface area contributed by atoms with Crippen LogP contribution in [0.4, 0.5) is 5.69 Å². The van der Waals surface area contributed by atoms with Crippen molar-refractivity contribution in [3.63, 3.8) is 0 Å². The molecule has 4 N–H and O–H groups in total. The fourth-order valence-electron chi connectivity index (χ4n) is 2.19. The summed E-state index contributed by atoms with van der Waals surface area (Å²) in [4.78, 5) is 32.0. The first-order valence-corrected chi connectivity index (χ1v) is 8.15. The van der Waals surface area contributed by atoms with Gasteiger partial charge in [-0.05, 0) is 30.7 Å². The Hall–Kier alpha value is -3.26. The summed E-state index contributed by atoms with van der Waals surface area (Å²) >= 11 is 1.28. The van der Waals surface area contributed by atoms with E-state index in [0.29, 0.717) is 16.3 Å². The van der Waals surface area contributed by atoms with Gasteiger partial charge in [-0.25, -0.2) is 9.97 Å². The third-order valence-electron chi connectivity index (χ3n) is 3.42. The molecule has 0 saturated carbocycles. The van der Waals surface area contributed by atoms with Crippen molar-refractivity contribution in [2.24, 2.45) is 5.73 Å². The van der Waals surface area contributed by atoms with E-state index in [9.17, 15) is 14.7 Å². The summed E-state index contributed by atoms with van der Waals surface area (Å²) in [6.07, 6.45) is 1.47. The van der Waals surface area contributed by atoms with E-state index in [-0.39, 0.29) is 17.1 Å². The summed E-state index contributed by atoms with van der Waals surface area (Å²) in [7, 11) is 0. The molecule has 2 aromatic heterocycles. The molecular formula is C17H14N4O3S. The molecule has 2 amide bonds. The number of primary amides is 1. The van der Waals surface area contributed by atoms with Gasteiger partial charge in [0.05, 0.1) is 11.3 Å². The lowest BCUT2D eigenvalue weighted by Crippen LogP contribution is -2.18. The predicted molar refractivity (Wildman–Crippen MR) is 94.7 cm³/mol. The molecule has 0 aliphatic rings. The topological polar surface area (TPSA) is 118 Å². The van der Waals surface area contributed by atoms with E-state index in [1.165, 1.54) is 23.6 Å². The molecule has 1 aromatic carbocycles. The molecule has 0 aliphatic heterocycles. The number of nitrogens with two attached hydrogens (primary N) is 1. The van der Waals surface area contributed by atoms with Gasteiger partial charge < -0.3 is 16.2 Å². The van der Waals surface area contributed by atoms with Crippen LogP contribution in [-0.2, 0) is 0 Å². The van der Waals surface area contributed by atoms with Crippen molar-refractivity contribution in [3.8, 4) is 16.5 Å². The first-order valence-electron chi connectivity index (χ1n) is 7.27. The molecule has 3 rings (SSSR count). The number of rotatable bonds is 4. The minimum atomic E-state index is -0.621. The first-order chi connectivity index (χ1) is 11.9. The molecule has 0 atom stereocenters. The molecule has 0 unspecified atom stereocenters. The number of aromatic nitrogens is 2. The summed E-state index contributed by atoms with van der Waals surface area (Å²) in [5.74, 6) is -1.15. The third-order valence-corrected chi connectivity index (χ3v) is 4.31. The van der Waals surface area contributed by atoms with E-state index in [4.69, 9.17) is 5.73 Å². The average molecular weight is 354 g/mol. The normalized spacial score (nSPS) is 10.4. The van der Waals surface area contributed by atoms with Crippen molar-refractivity contribution in [1.82, 2.24) is 9.97 Å². The molecule has 3 aromatic rings. The molecule has 0 radical (unpaired) electrons. The number of aromatic hydroxyl groups is 1. The lowest BCUT2D eigenvalue weighted by Gasteiger charge is -2.08. The van der Waals surface area contributed by atoms with Gasteiger partial charge in [0.15, 0.2) is 0 Å². The Balaban J connectivity index is 1.84. The monoisotopic (exact) mass is 354 g/mol. The number of pyridine rings is 1. The summed E-state index contributed by atoms with van der Waals surface area (Å²) in [6, 6.07) is 8.10. The van der Waals surface area contributed by atoms with Gasteiger partial charge in [-0.3, -0.25) is 9.59 Å². The summed E-state index contributed by atoms with van der Waals surface area (Å²) < 4.78 is 0. The SMILES string of the molecule is Cc1ccc(C(N)=O)c(NC(=O)c2csc(-c3ccc(O)nc3)n2)c1. The van der Waals surface area contributed by atoms with Gasteiger partial charge in [0.2, 0.25) is 5.88 Å². The minimum absolute atomic E-state index is 0.0864. The van der Waals surface area contributed by atoms with E-state index in [1.54, 1.807) is 29.6 Å². The zero-order valence-corrected chi connectivity index (χ0v) is 14.0. The van der Waals surface area contributed by atoms with Crippen LogP contribution in [0.1, 0.15) is 26.4 Å². The first kappa shape index (κ1) is 16.6. The lowest BCUT2D eigenvalue weighted by molar-refractivity contribution is 0.100. The Morgan fingerprint density at radius 3 is 2.72 bits per heavy atom.